The summed E-state index contributed by atoms with van der Waals surface area (Å²) in [5.41, 5.74) is -0.524. The van der Waals surface area contributed by atoms with Crippen molar-refractivity contribution in [3.05, 3.63) is 60.7 Å². The average Bonchev–Trinajstić information content (AvgIpc) is 3.28. The van der Waals surface area contributed by atoms with Gasteiger partial charge in [-0.05, 0) is 71.7 Å². The molecule has 0 saturated heterocycles. The van der Waals surface area contributed by atoms with Crippen LogP contribution in [0.5, 0.6) is 0 Å². The van der Waals surface area contributed by atoms with Crippen molar-refractivity contribution in [2.75, 3.05) is 6.61 Å². The van der Waals surface area contributed by atoms with E-state index in [9.17, 15) is 14.7 Å². The van der Waals surface area contributed by atoms with Crippen LogP contribution in [0.15, 0.2) is 60.7 Å². The van der Waals surface area contributed by atoms with E-state index in [-0.39, 0.29) is 53.0 Å². The van der Waals surface area contributed by atoms with Crippen LogP contribution in [0.1, 0.15) is 92.9 Å². The van der Waals surface area contributed by atoms with Crippen LogP contribution in [0.3, 0.4) is 0 Å². The molecule has 3 aliphatic carbocycles. The van der Waals surface area contributed by atoms with Gasteiger partial charge in [0, 0.05) is 43.3 Å². The largest absolute Gasteiger partial charge is 0.462 e. The zero-order valence-corrected chi connectivity index (χ0v) is 28.1. The number of Topliss-reactive ketones (excluding diaryl/α,β-unsaturated/α-hetero) is 1. The van der Waals surface area contributed by atoms with Crippen LogP contribution < -0.4 is 10.4 Å². The number of fused-ring (bicyclic) bond motifs is 1. The molecule has 234 valence electrons. The van der Waals surface area contributed by atoms with Crippen molar-refractivity contribution < 1.29 is 23.9 Å². The van der Waals surface area contributed by atoms with Crippen molar-refractivity contribution >= 4 is 30.4 Å². The van der Waals surface area contributed by atoms with Gasteiger partial charge in [0.25, 0.3) is 8.32 Å². The van der Waals surface area contributed by atoms with Crippen molar-refractivity contribution in [2.45, 2.75) is 110 Å². The SMILES string of the molecule is CC(=O)O[C@@H]1[C@H]([C@@]2(C)CC[C@H](O[Si](c3ccccc3)(c3ccccc3)C(C)(C)C)C[C@@H]2CCO)CC[C@]2(C)C(=O)CC[C@H]12. The second-order valence-corrected chi connectivity index (χ2v) is 19.4. The van der Waals surface area contributed by atoms with Gasteiger partial charge in [-0.25, -0.2) is 0 Å². The zero-order valence-electron chi connectivity index (χ0n) is 27.1. The first-order valence-corrected chi connectivity index (χ1v) is 18.4. The highest BCUT2D eigenvalue weighted by molar-refractivity contribution is 6.99. The highest BCUT2D eigenvalue weighted by atomic mass is 28.4. The van der Waals surface area contributed by atoms with Crippen molar-refractivity contribution in [3.8, 4) is 0 Å². The minimum atomic E-state index is -2.72. The Morgan fingerprint density at radius 3 is 2.07 bits per heavy atom. The summed E-state index contributed by atoms with van der Waals surface area (Å²) in [6.45, 7) is 13.1. The summed E-state index contributed by atoms with van der Waals surface area (Å²) in [4.78, 5) is 25.4. The van der Waals surface area contributed by atoms with Crippen molar-refractivity contribution in [1.29, 1.82) is 0 Å². The molecule has 3 saturated carbocycles. The van der Waals surface area contributed by atoms with E-state index in [1.165, 1.54) is 17.3 Å². The molecule has 43 heavy (non-hydrogen) atoms. The lowest BCUT2D eigenvalue weighted by molar-refractivity contribution is -0.176. The van der Waals surface area contributed by atoms with Crippen LogP contribution in [0.2, 0.25) is 5.04 Å². The van der Waals surface area contributed by atoms with Crippen molar-refractivity contribution in [2.24, 2.45) is 28.6 Å². The highest BCUT2D eigenvalue weighted by Gasteiger charge is 2.60. The molecule has 0 spiro atoms. The molecule has 7 atom stereocenters. The van der Waals surface area contributed by atoms with E-state index in [4.69, 9.17) is 9.16 Å². The van der Waals surface area contributed by atoms with Crippen LogP contribution in [0.25, 0.3) is 0 Å². The number of aliphatic hydroxyl groups excluding tert-OH is 1. The lowest BCUT2D eigenvalue weighted by atomic mass is 9.51. The van der Waals surface area contributed by atoms with Crippen LogP contribution in [0, 0.1) is 28.6 Å². The first-order valence-electron chi connectivity index (χ1n) is 16.5. The number of carbonyl (C=O) groups excluding carboxylic acids is 2. The van der Waals surface area contributed by atoms with Gasteiger partial charge in [0.2, 0.25) is 0 Å². The van der Waals surface area contributed by atoms with E-state index in [2.05, 4.69) is 95.3 Å². The molecule has 2 aromatic carbocycles. The van der Waals surface area contributed by atoms with E-state index in [1.54, 1.807) is 0 Å². The Bertz CT molecular complexity index is 1230. The summed E-state index contributed by atoms with van der Waals surface area (Å²) in [5, 5.41) is 12.8. The monoisotopic (exact) mass is 604 g/mol. The van der Waals surface area contributed by atoms with E-state index < -0.39 is 13.7 Å². The summed E-state index contributed by atoms with van der Waals surface area (Å²) in [6, 6.07) is 21.6. The van der Waals surface area contributed by atoms with Gasteiger partial charge in [-0.3, -0.25) is 9.59 Å². The molecule has 0 amide bonds. The van der Waals surface area contributed by atoms with Gasteiger partial charge in [0.1, 0.15) is 11.9 Å². The lowest BCUT2D eigenvalue weighted by Crippen LogP contribution is -2.68. The minimum Gasteiger partial charge on any atom is -0.462 e. The maximum atomic E-state index is 13.0. The van der Waals surface area contributed by atoms with Crippen molar-refractivity contribution in [1.82, 2.24) is 0 Å². The molecule has 0 bridgehead atoms. The van der Waals surface area contributed by atoms with Crippen LogP contribution in [-0.2, 0) is 18.8 Å². The molecule has 2 aromatic rings. The molecule has 5 nitrogen and oxygen atoms in total. The number of aliphatic hydroxyl groups is 1. The Hall–Kier alpha value is -2.28. The van der Waals surface area contributed by atoms with Gasteiger partial charge in [-0.15, -0.1) is 0 Å². The molecule has 1 N–H and O–H groups in total. The Morgan fingerprint density at radius 1 is 0.930 bits per heavy atom. The minimum absolute atomic E-state index is 0.0602. The predicted octanol–water partition coefficient (Wildman–Crippen LogP) is 6.45. The number of rotatable bonds is 8. The molecular formula is C37H52O5Si. The van der Waals surface area contributed by atoms with Gasteiger partial charge >= 0.3 is 5.97 Å². The summed E-state index contributed by atoms with van der Waals surface area (Å²) >= 11 is 0. The normalized spacial score (nSPS) is 33.2. The third-order valence-corrected chi connectivity index (χ3v) is 16.9. The topological polar surface area (TPSA) is 72.8 Å². The number of esters is 1. The summed E-state index contributed by atoms with van der Waals surface area (Å²) < 4.78 is 13.8. The van der Waals surface area contributed by atoms with E-state index in [1.807, 2.05) is 0 Å². The van der Waals surface area contributed by atoms with Gasteiger partial charge in [-0.2, -0.15) is 0 Å². The molecule has 0 unspecified atom stereocenters. The standard InChI is InChI=1S/C37H52O5Si/c1-26(39)41-34-31-17-18-33(40)37(31,6)23-20-32(34)36(5)22-19-28(25-27(36)21-24-38)42-43(35(2,3)4,29-13-9-7-10-14-29)30-15-11-8-12-16-30/h7-16,27-28,31-32,34,38H,17-25H2,1-6H3/t27-,28-,31+,32+,34-,36-,37-/m0/s1. The fourth-order valence-corrected chi connectivity index (χ4v) is 14.2. The van der Waals surface area contributed by atoms with E-state index >= 15 is 0 Å². The van der Waals surface area contributed by atoms with E-state index in [0.29, 0.717) is 18.6 Å². The van der Waals surface area contributed by atoms with Crippen molar-refractivity contribution in [3.63, 3.8) is 0 Å². The molecule has 0 aromatic heterocycles. The number of ether oxygens (including phenoxy) is 1. The number of hydrogen-bond donors (Lipinski definition) is 1. The lowest BCUT2D eigenvalue weighted by Gasteiger charge is -2.56. The zero-order chi connectivity index (χ0) is 31.0. The summed E-state index contributed by atoms with van der Waals surface area (Å²) in [5.74, 6) is 0.516. The first kappa shape index (κ1) is 32.1. The summed E-state index contributed by atoms with van der Waals surface area (Å²) in [7, 11) is -2.72. The highest BCUT2D eigenvalue weighted by Crippen LogP contribution is 2.60. The molecule has 0 radical (unpaired) electrons. The van der Waals surface area contributed by atoms with Gasteiger partial charge in [0.15, 0.2) is 0 Å². The fraction of sp³-hybridized carbons (Fsp3) is 0.622. The van der Waals surface area contributed by atoms with Gasteiger partial charge < -0.3 is 14.3 Å². The average molecular weight is 605 g/mol. The molecule has 3 fully saturated rings. The van der Waals surface area contributed by atoms with Crippen LogP contribution in [0.4, 0.5) is 0 Å². The molecule has 3 aliphatic rings. The Balaban J connectivity index is 1.49. The number of hydrogen-bond acceptors (Lipinski definition) is 5. The molecule has 5 rings (SSSR count). The number of benzene rings is 2. The Morgan fingerprint density at radius 2 is 1.53 bits per heavy atom. The predicted molar refractivity (Wildman–Crippen MR) is 174 cm³/mol. The Kier molecular flexibility index (Phi) is 9.15. The molecule has 0 aliphatic heterocycles. The first-order chi connectivity index (χ1) is 20.4. The molecule has 6 heteroatoms. The van der Waals surface area contributed by atoms with E-state index in [0.717, 1.165) is 38.5 Å². The molecule has 0 heterocycles. The molecular weight excluding hydrogens is 552 g/mol. The Labute approximate surface area is 259 Å². The van der Waals surface area contributed by atoms with Crippen LogP contribution >= 0.6 is 0 Å². The quantitative estimate of drug-likeness (QED) is 0.277. The number of ketones is 1. The second-order valence-electron chi connectivity index (χ2n) is 15.1. The third-order valence-electron chi connectivity index (χ3n) is 11.8. The smallest absolute Gasteiger partial charge is 0.302 e. The third kappa shape index (κ3) is 5.68. The summed E-state index contributed by atoms with van der Waals surface area (Å²) in [6.07, 6.45) is 6.33. The fourth-order valence-electron chi connectivity index (χ4n) is 9.43. The second kappa shape index (κ2) is 12.2. The van der Waals surface area contributed by atoms with Gasteiger partial charge in [0.05, 0.1) is 0 Å². The maximum absolute atomic E-state index is 13.0. The van der Waals surface area contributed by atoms with Gasteiger partial charge in [-0.1, -0.05) is 95.3 Å². The number of carbonyl (C=O) groups is 2. The maximum Gasteiger partial charge on any atom is 0.302 e. The van der Waals surface area contributed by atoms with Crippen LogP contribution in [-0.4, -0.2) is 44.0 Å².